The Hall–Kier alpha value is -3.02. The molecule has 0 radical (unpaired) electrons. The molecule has 0 aliphatic heterocycles. The number of rotatable bonds is 2. The van der Waals surface area contributed by atoms with E-state index in [0.29, 0.717) is 11.4 Å². The van der Waals surface area contributed by atoms with Gasteiger partial charge in [0, 0.05) is 23.5 Å². The van der Waals surface area contributed by atoms with E-state index >= 15 is 0 Å². The van der Waals surface area contributed by atoms with Gasteiger partial charge in [0.05, 0.1) is 0 Å². The van der Waals surface area contributed by atoms with Gasteiger partial charge in [0.25, 0.3) is 5.91 Å². The molecule has 3 rings (SSSR count). The monoisotopic (exact) mass is 293 g/mol. The maximum atomic E-state index is 12.7. The fourth-order valence-corrected chi connectivity index (χ4v) is 2.35. The van der Waals surface area contributed by atoms with E-state index in [-0.39, 0.29) is 11.9 Å². The Labute approximate surface area is 127 Å². The molecule has 22 heavy (non-hydrogen) atoms. The summed E-state index contributed by atoms with van der Waals surface area (Å²) in [4.78, 5) is 20.8. The van der Waals surface area contributed by atoms with Crippen molar-refractivity contribution in [2.45, 2.75) is 13.8 Å². The molecule has 2 aromatic heterocycles. The van der Waals surface area contributed by atoms with Gasteiger partial charge in [0.1, 0.15) is 0 Å². The number of hydrogen-bond donors (Lipinski definition) is 1. The van der Waals surface area contributed by atoms with E-state index in [1.54, 1.807) is 24.5 Å². The average Bonchev–Trinajstić information content (AvgIpc) is 2.90. The first kappa shape index (κ1) is 13.9. The molecule has 0 spiro atoms. The van der Waals surface area contributed by atoms with Crippen molar-refractivity contribution in [2.75, 3.05) is 5.73 Å². The van der Waals surface area contributed by atoms with E-state index in [4.69, 9.17) is 5.73 Å². The smallest absolute Gasteiger partial charge is 0.281 e. The largest absolute Gasteiger partial charge is 0.368 e. The number of benzene rings is 1. The molecule has 0 fully saturated rings. The van der Waals surface area contributed by atoms with Crippen LogP contribution in [0.5, 0.6) is 0 Å². The molecule has 1 aromatic carbocycles. The Bertz CT molecular complexity index is 819. The van der Waals surface area contributed by atoms with Crippen LogP contribution in [0.4, 0.5) is 5.95 Å². The molecule has 2 heterocycles. The summed E-state index contributed by atoms with van der Waals surface area (Å²) in [5.41, 5.74) is 8.99. The van der Waals surface area contributed by atoms with Crippen LogP contribution in [0.15, 0.2) is 42.7 Å². The second-order valence-corrected chi connectivity index (χ2v) is 5.01. The highest BCUT2D eigenvalue weighted by atomic mass is 16.2. The Kier molecular flexibility index (Phi) is 3.42. The first-order valence-electron chi connectivity index (χ1n) is 6.82. The molecule has 0 atom stereocenters. The van der Waals surface area contributed by atoms with Gasteiger partial charge in [0.15, 0.2) is 5.82 Å². The van der Waals surface area contributed by atoms with E-state index in [1.165, 1.54) is 0 Å². The van der Waals surface area contributed by atoms with Gasteiger partial charge in [-0.25, -0.2) is 0 Å². The molecule has 2 N–H and O–H groups in total. The zero-order valence-corrected chi connectivity index (χ0v) is 12.3. The van der Waals surface area contributed by atoms with Crippen LogP contribution in [-0.4, -0.2) is 25.7 Å². The van der Waals surface area contributed by atoms with Gasteiger partial charge in [-0.15, -0.1) is 5.10 Å². The van der Waals surface area contributed by atoms with Crippen LogP contribution in [0.2, 0.25) is 0 Å². The topological polar surface area (TPSA) is 86.7 Å². The molecule has 3 aromatic rings. The van der Waals surface area contributed by atoms with Crippen LogP contribution in [0.25, 0.3) is 11.4 Å². The third-order valence-electron chi connectivity index (χ3n) is 3.46. The number of nitrogens with zero attached hydrogens (tertiary/aromatic N) is 4. The summed E-state index contributed by atoms with van der Waals surface area (Å²) in [6.07, 6.45) is 3.28. The van der Waals surface area contributed by atoms with Gasteiger partial charge >= 0.3 is 0 Å². The molecule has 0 amide bonds. The third-order valence-corrected chi connectivity index (χ3v) is 3.46. The Morgan fingerprint density at radius 1 is 1.09 bits per heavy atom. The number of hydrogen-bond acceptors (Lipinski definition) is 5. The zero-order valence-electron chi connectivity index (χ0n) is 12.3. The van der Waals surface area contributed by atoms with Gasteiger partial charge < -0.3 is 5.73 Å². The zero-order chi connectivity index (χ0) is 15.7. The minimum Gasteiger partial charge on any atom is -0.368 e. The number of nitrogen functional groups attached to an aromatic ring is 1. The number of carbonyl (C=O) groups excluding carboxylic acids is 1. The normalized spacial score (nSPS) is 10.6. The molecule has 0 aliphatic rings. The van der Waals surface area contributed by atoms with Crippen molar-refractivity contribution < 1.29 is 4.79 Å². The molecule has 0 aliphatic carbocycles. The molecule has 110 valence electrons. The number of anilines is 1. The fourth-order valence-electron chi connectivity index (χ4n) is 2.35. The van der Waals surface area contributed by atoms with Crippen LogP contribution in [0, 0.1) is 13.8 Å². The highest BCUT2D eigenvalue weighted by Gasteiger charge is 2.19. The Morgan fingerprint density at radius 3 is 2.36 bits per heavy atom. The summed E-state index contributed by atoms with van der Waals surface area (Å²) in [6.45, 7) is 3.77. The van der Waals surface area contributed by atoms with Crippen LogP contribution in [-0.2, 0) is 0 Å². The lowest BCUT2D eigenvalue weighted by Gasteiger charge is -2.08. The number of aryl methyl sites for hydroxylation is 2. The van der Waals surface area contributed by atoms with Gasteiger partial charge in [-0.05, 0) is 37.1 Å². The molecule has 0 bridgehead atoms. The van der Waals surface area contributed by atoms with E-state index in [9.17, 15) is 4.79 Å². The highest BCUT2D eigenvalue weighted by molar-refractivity contribution is 5.99. The van der Waals surface area contributed by atoms with E-state index in [2.05, 4.69) is 15.1 Å². The van der Waals surface area contributed by atoms with Gasteiger partial charge in [0.2, 0.25) is 5.95 Å². The maximum absolute atomic E-state index is 12.7. The number of nitrogens with two attached hydrogens (primary N) is 1. The second-order valence-electron chi connectivity index (χ2n) is 5.01. The van der Waals surface area contributed by atoms with Crippen molar-refractivity contribution in [1.82, 2.24) is 19.7 Å². The van der Waals surface area contributed by atoms with Crippen molar-refractivity contribution in [3.8, 4) is 11.4 Å². The standard InChI is InChI=1S/C16H15N5O/c1-10-4-3-5-11(2)13(10)15(22)21-16(17)19-14(20-21)12-6-8-18-9-7-12/h3-9H,1-2H3,(H2,17,19,20). The van der Waals surface area contributed by atoms with Gasteiger partial charge in [-0.2, -0.15) is 9.67 Å². The van der Waals surface area contributed by atoms with Crippen LogP contribution in [0.1, 0.15) is 21.5 Å². The average molecular weight is 293 g/mol. The first-order valence-corrected chi connectivity index (χ1v) is 6.82. The van der Waals surface area contributed by atoms with Crippen molar-refractivity contribution in [1.29, 1.82) is 0 Å². The molecule has 6 heteroatoms. The van der Waals surface area contributed by atoms with Gasteiger partial charge in [-0.3, -0.25) is 9.78 Å². The summed E-state index contributed by atoms with van der Waals surface area (Å²) in [6, 6.07) is 9.22. The minimum atomic E-state index is -0.277. The number of aromatic nitrogens is 4. The summed E-state index contributed by atoms with van der Waals surface area (Å²) in [5, 5.41) is 4.24. The van der Waals surface area contributed by atoms with Gasteiger partial charge in [-0.1, -0.05) is 18.2 Å². The predicted octanol–water partition coefficient (Wildman–Crippen LogP) is 2.23. The Balaban J connectivity index is 2.06. The summed E-state index contributed by atoms with van der Waals surface area (Å²) >= 11 is 0. The molecule has 6 nitrogen and oxygen atoms in total. The van der Waals surface area contributed by atoms with E-state index in [1.807, 2.05) is 32.0 Å². The highest BCUT2D eigenvalue weighted by Crippen LogP contribution is 2.19. The minimum absolute atomic E-state index is 0.0689. The third kappa shape index (κ3) is 2.35. The molecule has 0 unspecified atom stereocenters. The van der Waals surface area contributed by atoms with Crippen LogP contribution >= 0.6 is 0 Å². The first-order chi connectivity index (χ1) is 10.6. The van der Waals surface area contributed by atoms with Crippen LogP contribution < -0.4 is 5.73 Å². The molecule has 0 saturated heterocycles. The van der Waals surface area contributed by atoms with Crippen molar-refractivity contribution >= 4 is 11.9 Å². The molecular formula is C16H15N5O. The van der Waals surface area contributed by atoms with E-state index < -0.39 is 0 Å². The molecular weight excluding hydrogens is 278 g/mol. The molecule has 0 saturated carbocycles. The van der Waals surface area contributed by atoms with Crippen molar-refractivity contribution in [3.63, 3.8) is 0 Å². The van der Waals surface area contributed by atoms with E-state index in [0.717, 1.165) is 21.4 Å². The lowest BCUT2D eigenvalue weighted by Crippen LogP contribution is -2.18. The van der Waals surface area contributed by atoms with Crippen molar-refractivity contribution in [3.05, 3.63) is 59.4 Å². The number of pyridine rings is 1. The summed E-state index contributed by atoms with van der Waals surface area (Å²) in [7, 11) is 0. The Morgan fingerprint density at radius 2 is 1.73 bits per heavy atom. The number of carbonyl (C=O) groups is 1. The summed E-state index contributed by atoms with van der Waals surface area (Å²) in [5.74, 6) is 0.194. The lowest BCUT2D eigenvalue weighted by molar-refractivity contribution is 0.0946. The SMILES string of the molecule is Cc1cccc(C)c1C(=O)n1nc(-c2ccncc2)nc1N. The van der Waals surface area contributed by atoms with Crippen LogP contribution in [0.3, 0.4) is 0 Å². The lowest BCUT2D eigenvalue weighted by atomic mass is 10.0. The fraction of sp³-hybridized carbons (Fsp3) is 0.125. The summed E-state index contributed by atoms with van der Waals surface area (Å²) < 4.78 is 1.14. The van der Waals surface area contributed by atoms with Crippen molar-refractivity contribution in [2.24, 2.45) is 0 Å². The quantitative estimate of drug-likeness (QED) is 0.783. The maximum Gasteiger partial charge on any atom is 0.281 e. The second kappa shape index (κ2) is 5.40. The predicted molar refractivity (Wildman–Crippen MR) is 83.3 cm³/mol.